The number of rotatable bonds is 3. The number of likely N-dealkylation sites (N-methyl/N-ethyl adjacent to an activating group) is 1. The van der Waals surface area contributed by atoms with Gasteiger partial charge in [-0.2, -0.15) is 13.2 Å². The Morgan fingerprint density at radius 1 is 1.33 bits per heavy atom. The molecule has 0 aromatic carbocycles. The largest absolute Gasteiger partial charge is 0.392 e. The number of alkyl halides is 3. The van der Waals surface area contributed by atoms with Crippen LogP contribution in [-0.4, -0.2) is 19.3 Å². The van der Waals surface area contributed by atoms with Crippen LogP contribution in [0.25, 0.3) is 0 Å². The molecule has 0 spiro atoms. The van der Waals surface area contributed by atoms with E-state index >= 15 is 0 Å². The molecular weight excluding hydrogens is 203 g/mol. The zero-order valence-electron chi connectivity index (χ0n) is 8.98. The summed E-state index contributed by atoms with van der Waals surface area (Å²) in [5.74, 6) is -1.51. The third-order valence-electron chi connectivity index (χ3n) is 3.29. The quantitative estimate of drug-likeness (QED) is 0.722. The molecule has 3 atom stereocenters. The smallest absolute Gasteiger partial charge is 0.313 e. The summed E-state index contributed by atoms with van der Waals surface area (Å²) in [5.41, 5.74) is 0. The van der Waals surface area contributed by atoms with E-state index in [0.29, 0.717) is 12.8 Å². The van der Waals surface area contributed by atoms with Crippen molar-refractivity contribution in [1.29, 1.82) is 0 Å². The van der Waals surface area contributed by atoms with Gasteiger partial charge in [0.1, 0.15) is 0 Å². The summed E-state index contributed by atoms with van der Waals surface area (Å²) < 4.78 is 38.3. The molecule has 0 aromatic rings. The first kappa shape index (κ1) is 12.6. The van der Waals surface area contributed by atoms with Gasteiger partial charge in [-0.25, -0.2) is 0 Å². The minimum atomic E-state index is -4.07. The Morgan fingerprint density at radius 2 is 1.93 bits per heavy atom. The Bertz CT molecular complexity index is 212. The first-order valence-electron chi connectivity index (χ1n) is 5.37. The fourth-order valence-electron chi connectivity index (χ4n) is 2.50. The van der Waals surface area contributed by atoms with E-state index in [0.717, 1.165) is 6.42 Å². The van der Waals surface area contributed by atoms with Crippen molar-refractivity contribution >= 4 is 0 Å². The Balaban J connectivity index is 2.77. The molecule has 1 saturated carbocycles. The van der Waals surface area contributed by atoms with Crippen molar-refractivity contribution in [3.05, 3.63) is 12.7 Å². The van der Waals surface area contributed by atoms with Gasteiger partial charge in [-0.15, -0.1) is 6.58 Å². The van der Waals surface area contributed by atoms with Crippen LogP contribution in [-0.2, 0) is 0 Å². The molecule has 0 bridgehead atoms. The van der Waals surface area contributed by atoms with Gasteiger partial charge in [-0.3, -0.25) is 0 Å². The van der Waals surface area contributed by atoms with Gasteiger partial charge in [-0.1, -0.05) is 18.9 Å². The molecule has 0 aliphatic heterocycles. The van der Waals surface area contributed by atoms with Crippen LogP contribution in [0.5, 0.6) is 0 Å². The van der Waals surface area contributed by atoms with Crippen molar-refractivity contribution < 1.29 is 13.2 Å². The van der Waals surface area contributed by atoms with Crippen LogP contribution in [0.15, 0.2) is 12.7 Å². The number of hydrogen-bond acceptors (Lipinski definition) is 1. The number of nitrogens with one attached hydrogen (secondary N) is 1. The van der Waals surface area contributed by atoms with E-state index in [-0.39, 0.29) is 18.4 Å². The SMILES string of the molecule is C=CC(NC)C1CCCCC1C(F)(F)F. The van der Waals surface area contributed by atoms with Crippen LogP contribution >= 0.6 is 0 Å². The molecule has 0 saturated heterocycles. The second-order valence-corrected chi connectivity index (χ2v) is 4.15. The van der Waals surface area contributed by atoms with Crippen molar-refractivity contribution in [3.8, 4) is 0 Å². The fraction of sp³-hybridized carbons (Fsp3) is 0.818. The third kappa shape index (κ3) is 2.97. The van der Waals surface area contributed by atoms with E-state index in [9.17, 15) is 13.2 Å². The Kier molecular flexibility index (Phi) is 4.20. The van der Waals surface area contributed by atoms with Crippen molar-refractivity contribution in [2.45, 2.75) is 37.9 Å². The van der Waals surface area contributed by atoms with E-state index in [4.69, 9.17) is 0 Å². The fourth-order valence-corrected chi connectivity index (χ4v) is 2.50. The normalized spacial score (nSPS) is 29.9. The highest BCUT2D eigenvalue weighted by molar-refractivity contribution is 4.96. The van der Waals surface area contributed by atoms with Crippen LogP contribution < -0.4 is 5.32 Å². The zero-order valence-corrected chi connectivity index (χ0v) is 8.98. The highest BCUT2D eigenvalue weighted by Crippen LogP contribution is 2.42. The predicted molar refractivity (Wildman–Crippen MR) is 54.5 cm³/mol. The van der Waals surface area contributed by atoms with E-state index in [1.54, 1.807) is 13.1 Å². The monoisotopic (exact) mass is 221 g/mol. The van der Waals surface area contributed by atoms with Gasteiger partial charge >= 0.3 is 6.18 Å². The Hall–Kier alpha value is -0.510. The summed E-state index contributed by atoms with van der Waals surface area (Å²) >= 11 is 0. The van der Waals surface area contributed by atoms with Crippen LogP contribution in [0, 0.1) is 11.8 Å². The van der Waals surface area contributed by atoms with Crippen LogP contribution in [0.2, 0.25) is 0 Å². The van der Waals surface area contributed by atoms with Crippen molar-refractivity contribution in [1.82, 2.24) is 5.32 Å². The molecule has 1 N–H and O–H groups in total. The highest BCUT2D eigenvalue weighted by atomic mass is 19.4. The predicted octanol–water partition coefficient (Wildman–Crippen LogP) is 3.13. The Morgan fingerprint density at radius 3 is 2.40 bits per heavy atom. The molecular formula is C11H18F3N. The number of halogens is 3. The Labute approximate surface area is 88.7 Å². The molecule has 4 heteroatoms. The standard InChI is InChI=1S/C11H18F3N/c1-3-10(15-2)8-6-4-5-7-9(8)11(12,13)14/h3,8-10,15H,1,4-7H2,2H3. The molecule has 15 heavy (non-hydrogen) atoms. The molecule has 1 fully saturated rings. The summed E-state index contributed by atoms with van der Waals surface area (Å²) in [7, 11) is 1.69. The van der Waals surface area contributed by atoms with Crippen LogP contribution in [0.4, 0.5) is 13.2 Å². The van der Waals surface area contributed by atoms with Crippen LogP contribution in [0.3, 0.4) is 0 Å². The maximum atomic E-state index is 12.8. The average Bonchev–Trinajstić information content (AvgIpc) is 2.19. The van der Waals surface area contributed by atoms with Gasteiger partial charge in [-0.05, 0) is 25.8 Å². The zero-order chi connectivity index (χ0) is 11.5. The van der Waals surface area contributed by atoms with Gasteiger partial charge in [0.25, 0.3) is 0 Å². The van der Waals surface area contributed by atoms with Crippen molar-refractivity contribution in [3.63, 3.8) is 0 Å². The van der Waals surface area contributed by atoms with E-state index < -0.39 is 12.1 Å². The lowest BCUT2D eigenvalue weighted by Gasteiger charge is -2.36. The molecule has 1 aliphatic rings. The van der Waals surface area contributed by atoms with Crippen molar-refractivity contribution in [2.75, 3.05) is 7.05 Å². The van der Waals surface area contributed by atoms with E-state index in [2.05, 4.69) is 11.9 Å². The average molecular weight is 221 g/mol. The van der Waals surface area contributed by atoms with Gasteiger partial charge in [0.05, 0.1) is 5.92 Å². The molecule has 0 aromatic heterocycles. The third-order valence-corrected chi connectivity index (χ3v) is 3.29. The lowest BCUT2D eigenvalue weighted by molar-refractivity contribution is -0.197. The molecule has 1 aliphatic carbocycles. The molecule has 88 valence electrons. The highest BCUT2D eigenvalue weighted by Gasteiger charge is 2.46. The molecule has 0 amide bonds. The minimum Gasteiger partial charge on any atom is -0.313 e. The maximum absolute atomic E-state index is 12.8. The van der Waals surface area contributed by atoms with Gasteiger partial charge in [0.2, 0.25) is 0 Å². The summed E-state index contributed by atoms with van der Waals surface area (Å²) in [6.07, 6.45) is 0.0112. The summed E-state index contributed by atoms with van der Waals surface area (Å²) in [6, 6.07) is -0.225. The molecule has 0 heterocycles. The van der Waals surface area contributed by atoms with Gasteiger partial charge in [0.15, 0.2) is 0 Å². The lowest BCUT2D eigenvalue weighted by Crippen LogP contribution is -2.43. The van der Waals surface area contributed by atoms with Crippen molar-refractivity contribution in [2.24, 2.45) is 11.8 Å². The maximum Gasteiger partial charge on any atom is 0.392 e. The van der Waals surface area contributed by atoms with Gasteiger partial charge < -0.3 is 5.32 Å². The molecule has 0 radical (unpaired) electrons. The topological polar surface area (TPSA) is 12.0 Å². The molecule has 1 nitrogen and oxygen atoms in total. The minimum absolute atomic E-state index is 0.225. The summed E-state index contributed by atoms with van der Waals surface area (Å²) in [6.45, 7) is 3.59. The lowest BCUT2D eigenvalue weighted by atomic mass is 9.75. The van der Waals surface area contributed by atoms with Gasteiger partial charge in [0, 0.05) is 6.04 Å². The first-order valence-corrected chi connectivity index (χ1v) is 5.37. The first-order chi connectivity index (χ1) is 7.00. The van der Waals surface area contributed by atoms with E-state index in [1.807, 2.05) is 0 Å². The number of hydrogen-bond donors (Lipinski definition) is 1. The summed E-state index contributed by atoms with van der Waals surface area (Å²) in [4.78, 5) is 0. The molecule has 1 rings (SSSR count). The molecule has 3 unspecified atom stereocenters. The second kappa shape index (κ2) is 5.01. The van der Waals surface area contributed by atoms with Crippen LogP contribution in [0.1, 0.15) is 25.7 Å². The second-order valence-electron chi connectivity index (χ2n) is 4.15. The summed E-state index contributed by atoms with van der Waals surface area (Å²) in [5, 5.41) is 2.91. The van der Waals surface area contributed by atoms with E-state index in [1.165, 1.54) is 0 Å².